The van der Waals surface area contributed by atoms with Crippen LogP contribution < -0.4 is 4.90 Å². The second-order valence-electron chi connectivity index (χ2n) is 5.21. The number of nitrogens with zero attached hydrogens (tertiary/aromatic N) is 2. The first-order valence-corrected chi connectivity index (χ1v) is 7.05. The zero-order valence-electron chi connectivity index (χ0n) is 10.9. The summed E-state index contributed by atoms with van der Waals surface area (Å²) in [7, 11) is 2.08. The molecule has 1 aromatic heterocycles. The summed E-state index contributed by atoms with van der Waals surface area (Å²) in [5.74, 6) is 1.12. The van der Waals surface area contributed by atoms with Gasteiger partial charge in [0, 0.05) is 13.1 Å². The molecule has 0 aliphatic heterocycles. The van der Waals surface area contributed by atoms with Crippen molar-refractivity contribution in [1.29, 1.82) is 0 Å². The van der Waals surface area contributed by atoms with Gasteiger partial charge in [-0.25, -0.2) is 4.98 Å². The Bertz CT molecular complexity index is 410. The molecule has 1 saturated carbocycles. The van der Waals surface area contributed by atoms with E-state index in [0.717, 1.165) is 27.9 Å². The lowest BCUT2D eigenvalue weighted by atomic mass is 10.1. The van der Waals surface area contributed by atoms with Gasteiger partial charge >= 0.3 is 0 Å². The number of hydrogen-bond acceptors (Lipinski definition) is 4. The number of aromatic nitrogens is 1. The maximum Gasteiger partial charge on any atom is 0.186 e. The van der Waals surface area contributed by atoms with Gasteiger partial charge in [0.2, 0.25) is 0 Å². The summed E-state index contributed by atoms with van der Waals surface area (Å²) in [6.07, 6.45) is 3.59. The molecule has 1 fully saturated rings. The van der Waals surface area contributed by atoms with Crippen LogP contribution in [0.15, 0.2) is 0 Å². The van der Waals surface area contributed by atoms with Crippen LogP contribution in [0.1, 0.15) is 54.9 Å². The summed E-state index contributed by atoms with van der Waals surface area (Å²) in [4.78, 5) is 18.7. The predicted octanol–water partition coefficient (Wildman–Crippen LogP) is 3.31. The third-order valence-electron chi connectivity index (χ3n) is 3.54. The number of hydrogen-bond donors (Lipinski definition) is 0. The molecule has 1 heterocycles. The zero-order chi connectivity index (χ0) is 12.6. The fourth-order valence-corrected chi connectivity index (χ4v) is 3.13. The summed E-state index contributed by atoms with van der Waals surface area (Å²) in [6, 6.07) is 0.528. The summed E-state index contributed by atoms with van der Waals surface area (Å²) >= 11 is 1.52. The fourth-order valence-electron chi connectivity index (χ4n) is 2.05. The Morgan fingerprint density at radius 2 is 2.06 bits per heavy atom. The van der Waals surface area contributed by atoms with Crippen LogP contribution in [0.25, 0.3) is 0 Å². The lowest BCUT2D eigenvalue weighted by Gasteiger charge is -2.23. The van der Waals surface area contributed by atoms with Gasteiger partial charge in [-0.3, -0.25) is 4.79 Å². The molecule has 0 amide bonds. The van der Waals surface area contributed by atoms with Crippen LogP contribution in [0.4, 0.5) is 5.13 Å². The van der Waals surface area contributed by atoms with Gasteiger partial charge in [-0.1, -0.05) is 25.2 Å². The highest BCUT2D eigenvalue weighted by Gasteiger charge is 2.32. The maximum absolute atomic E-state index is 11.0. The van der Waals surface area contributed by atoms with E-state index in [2.05, 4.69) is 37.7 Å². The van der Waals surface area contributed by atoms with Gasteiger partial charge in [0.25, 0.3) is 0 Å². The number of anilines is 1. The SMILES string of the molecule is CC(C)c1nc(N(C)C(C)C2CC2)sc1C=O. The third-order valence-corrected chi connectivity index (χ3v) is 4.63. The Morgan fingerprint density at radius 1 is 1.41 bits per heavy atom. The number of carbonyl (C=O) groups excluding carboxylic acids is 1. The molecule has 0 aromatic carbocycles. The monoisotopic (exact) mass is 252 g/mol. The predicted molar refractivity (Wildman–Crippen MR) is 72.2 cm³/mol. The van der Waals surface area contributed by atoms with Crippen molar-refractivity contribution in [2.45, 2.75) is 45.6 Å². The minimum absolute atomic E-state index is 0.310. The van der Waals surface area contributed by atoms with E-state index in [4.69, 9.17) is 0 Å². The Kier molecular flexibility index (Phi) is 3.52. The second-order valence-corrected chi connectivity index (χ2v) is 6.22. The van der Waals surface area contributed by atoms with Crippen LogP contribution in [0, 0.1) is 5.92 Å². The van der Waals surface area contributed by atoms with Crippen molar-refractivity contribution in [2.24, 2.45) is 5.92 Å². The van der Waals surface area contributed by atoms with E-state index in [1.807, 2.05) is 0 Å². The summed E-state index contributed by atoms with van der Waals surface area (Å²) in [5, 5.41) is 0.982. The molecule has 1 aromatic rings. The molecule has 1 aliphatic rings. The van der Waals surface area contributed by atoms with Crippen molar-refractivity contribution in [3.05, 3.63) is 10.6 Å². The van der Waals surface area contributed by atoms with Crippen LogP contribution in [-0.4, -0.2) is 24.4 Å². The number of thiazole rings is 1. The highest BCUT2D eigenvalue weighted by atomic mass is 32.1. The zero-order valence-corrected chi connectivity index (χ0v) is 11.8. The molecular formula is C13H20N2OS. The third kappa shape index (κ3) is 2.51. The van der Waals surface area contributed by atoms with E-state index in [0.29, 0.717) is 12.0 Å². The molecular weight excluding hydrogens is 232 g/mol. The Labute approximate surface area is 107 Å². The van der Waals surface area contributed by atoms with Crippen molar-refractivity contribution in [3.63, 3.8) is 0 Å². The lowest BCUT2D eigenvalue weighted by Crippen LogP contribution is -2.30. The molecule has 2 rings (SSSR count). The molecule has 0 radical (unpaired) electrons. The van der Waals surface area contributed by atoms with E-state index >= 15 is 0 Å². The van der Waals surface area contributed by atoms with E-state index in [1.165, 1.54) is 24.2 Å². The maximum atomic E-state index is 11.0. The normalized spacial score (nSPS) is 17.2. The summed E-state index contributed by atoms with van der Waals surface area (Å²) < 4.78 is 0. The molecule has 0 bridgehead atoms. The van der Waals surface area contributed by atoms with Crippen LogP contribution in [0.5, 0.6) is 0 Å². The van der Waals surface area contributed by atoms with E-state index in [1.54, 1.807) is 0 Å². The van der Waals surface area contributed by atoms with Crippen molar-refractivity contribution < 1.29 is 4.79 Å². The topological polar surface area (TPSA) is 33.2 Å². The molecule has 0 N–H and O–H groups in total. The Balaban J connectivity index is 2.22. The van der Waals surface area contributed by atoms with Gasteiger partial charge in [-0.15, -0.1) is 0 Å². The number of rotatable bonds is 5. The lowest BCUT2D eigenvalue weighted by molar-refractivity contribution is 0.112. The van der Waals surface area contributed by atoms with Crippen molar-refractivity contribution in [1.82, 2.24) is 4.98 Å². The first kappa shape index (κ1) is 12.6. The molecule has 1 aliphatic carbocycles. The van der Waals surface area contributed by atoms with Crippen LogP contribution in [0.2, 0.25) is 0 Å². The molecule has 1 unspecified atom stereocenters. The Hall–Kier alpha value is -0.900. The van der Waals surface area contributed by atoms with E-state index in [-0.39, 0.29) is 0 Å². The average molecular weight is 252 g/mol. The number of aldehydes is 1. The molecule has 4 heteroatoms. The van der Waals surface area contributed by atoms with E-state index in [9.17, 15) is 4.79 Å². The highest BCUT2D eigenvalue weighted by Crippen LogP contribution is 2.38. The molecule has 17 heavy (non-hydrogen) atoms. The minimum Gasteiger partial charge on any atom is -0.348 e. The van der Waals surface area contributed by atoms with Gasteiger partial charge in [-0.2, -0.15) is 0 Å². The minimum atomic E-state index is 0.310. The molecule has 0 spiro atoms. The van der Waals surface area contributed by atoms with Crippen LogP contribution >= 0.6 is 11.3 Å². The highest BCUT2D eigenvalue weighted by molar-refractivity contribution is 7.17. The number of carbonyl (C=O) groups is 1. The van der Waals surface area contributed by atoms with Gasteiger partial charge in [0.05, 0.1) is 10.6 Å². The van der Waals surface area contributed by atoms with Crippen LogP contribution in [-0.2, 0) is 0 Å². The smallest absolute Gasteiger partial charge is 0.186 e. The fraction of sp³-hybridized carbons (Fsp3) is 0.692. The molecule has 0 saturated heterocycles. The molecule has 3 nitrogen and oxygen atoms in total. The standard InChI is InChI=1S/C13H20N2OS/c1-8(2)12-11(7-16)17-13(14-12)15(4)9(3)10-5-6-10/h7-10H,5-6H2,1-4H3. The van der Waals surface area contributed by atoms with Gasteiger partial charge in [0.1, 0.15) is 0 Å². The summed E-state index contributed by atoms with van der Waals surface area (Å²) in [6.45, 7) is 6.40. The van der Waals surface area contributed by atoms with Crippen molar-refractivity contribution in [2.75, 3.05) is 11.9 Å². The van der Waals surface area contributed by atoms with Crippen LogP contribution in [0.3, 0.4) is 0 Å². The second kappa shape index (κ2) is 4.77. The molecule has 94 valence electrons. The average Bonchev–Trinajstić information content (AvgIpc) is 3.05. The van der Waals surface area contributed by atoms with Crippen molar-refractivity contribution >= 4 is 22.8 Å². The first-order chi connectivity index (χ1) is 8.04. The quantitative estimate of drug-likeness (QED) is 0.754. The van der Waals surface area contributed by atoms with Gasteiger partial charge < -0.3 is 4.90 Å². The molecule has 1 atom stereocenters. The van der Waals surface area contributed by atoms with E-state index < -0.39 is 0 Å². The van der Waals surface area contributed by atoms with Gasteiger partial charge in [0.15, 0.2) is 11.4 Å². The van der Waals surface area contributed by atoms with Crippen molar-refractivity contribution in [3.8, 4) is 0 Å². The van der Waals surface area contributed by atoms with Gasteiger partial charge in [-0.05, 0) is 31.6 Å². The summed E-state index contributed by atoms with van der Waals surface area (Å²) in [5.41, 5.74) is 0.940. The Morgan fingerprint density at radius 3 is 2.47 bits per heavy atom. The largest absolute Gasteiger partial charge is 0.348 e. The first-order valence-electron chi connectivity index (χ1n) is 6.23.